The predicted molar refractivity (Wildman–Crippen MR) is 117 cm³/mol. The van der Waals surface area contributed by atoms with Crippen LogP contribution in [0.2, 0.25) is 5.02 Å². The second-order valence-electron chi connectivity index (χ2n) is 6.64. The second-order valence-corrected chi connectivity index (χ2v) is 8.99. The minimum absolute atomic E-state index is 0.0572. The summed E-state index contributed by atoms with van der Waals surface area (Å²) in [5.41, 5.74) is 0.984. The highest BCUT2D eigenvalue weighted by atomic mass is 35.5. The molecule has 0 aliphatic carbocycles. The summed E-state index contributed by atoms with van der Waals surface area (Å²) in [5.74, 6) is -0.563. The van der Waals surface area contributed by atoms with Crippen molar-refractivity contribution in [2.45, 2.75) is 11.4 Å². The number of nitriles is 1. The Balaban J connectivity index is 1.73. The number of rotatable bonds is 7. The van der Waals surface area contributed by atoms with Gasteiger partial charge in [0.15, 0.2) is 0 Å². The van der Waals surface area contributed by atoms with Gasteiger partial charge in [-0.1, -0.05) is 41.9 Å². The molecule has 1 heterocycles. The molecule has 2 aromatic rings. The second kappa shape index (κ2) is 10.4. The maximum Gasteiger partial charge on any atom is 0.263 e. The molecule has 0 bridgehead atoms. The van der Waals surface area contributed by atoms with Crippen molar-refractivity contribution in [3.8, 4) is 6.07 Å². The lowest BCUT2D eigenvalue weighted by Crippen LogP contribution is -2.40. The number of sulfonamides is 1. The highest BCUT2D eigenvalue weighted by molar-refractivity contribution is 7.89. The van der Waals surface area contributed by atoms with Gasteiger partial charge >= 0.3 is 0 Å². The van der Waals surface area contributed by atoms with Crippen LogP contribution in [0.3, 0.4) is 0 Å². The molecule has 1 amide bonds. The van der Waals surface area contributed by atoms with E-state index in [1.54, 1.807) is 0 Å². The highest BCUT2D eigenvalue weighted by Gasteiger charge is 2.26. The Kier molecular flexibility index (Phi) is 7.65. The third-order valence-corrected chi connectivity index (χ3v) is 6.80. The highest BCUT2D eigenvalue weighted by Crippen LogP contribution is 2.27. The van der Waals surface area contributed by atoms with E-state index in [0.29, 0.717) is 13.2 Å². The van der Waals surface area contributed by atoms with E-state index in [1.165, 1.54) is 28.7 Å². The van der Waals surface area contributed by atoms with Gasteiger partial charge in [0.2, 0.25) is 10.0 Å². The first kappa shape index (κ1) is 22.8. The lowest BCUT2D eigenvalue weighted by Gasteiger charge is -2.26. The molecule has 0 spiro atoms. The van der Waals surface area contributed by atoms with Crippen molar-refractivity contribution in [3.63, 3.8) is 0 Å². The van der Waals surface area contributed by atoms with Crippen molar-refractivity contribution >= 4 is 33.2 Å². The average molecular weight is 461 g/mol. The van der Waals surface area contributed by atoms with Gasteiger partial charge in [-0.3, -0.25) is 4.79 Å². The first-order valence-electron chi connectivity index (χ1n) is 9.48. The molecule has 3 rings (SSSR count). The Hall–Kier alpha value is -2.90. The summed E-state index contributed by atoms with van der Waals surface area (Å²) in [6.07, 6.45) is 1.20. The first-order valence-corrected chi connectivity index (χ1v) is 11.3. The van der Waals surface area contributed by atoms with Crippen molar-refractivity contribution in [2.24, 2.45) is 0 Å². The Bertz CT molecular complexity index is 1110. The van der Waals surface area contributed by atoms with Crippen molar-refractivity contribution in [1.82, 2.24) is 9.62 Å². The third kappa shape index (κ3) is 5.83. The molecular weight excluding hydrogens is 440 g/mol. The van der Waals surface area contributed by atoms with E-state index < -0.39 is 15.9 Å². The number of nitrogens with zero attached hydrogens (tertiary/aromatic N) is 2. The van der Waals surface area contributed by atoms with Crippen LogP contribution in [0.5, 0.6) is 0 Å². The summed E-state index contributed by atoms with van der Waals surface area (Å²) >= 11 is 6.18. The van der Waals surface area contributed by atoms with Gasteiger partial charge < -0.3 is 15.4 Å². The molecule has 162 valence electrons. The van der Waals surface area contributed by atoms with Crippen LogP contribution in [0.15, 0.2) is 65.2 Å². The summed E-state index contributed by atoms with van der Waals surface area (Å²) < 4.78 is 32.2. The van der Waals surface area contributed by atoms with Gasteiger partial charge in [0.1, 0.15) is 11.6 Å². The van der Waals surface area contributed by atoms with Crippen LogP contribution in [0.25, 0.3) is 0 Å². The van der Waals surface area contributed by atoms with E-state index in [0.717, 1.165) is 5.56 Å². The van der Waals surface area contributed by atoms with E-state index in [2.05, 4.69) is 10.6 Å². The number of hydrogen-bond acceptors (Lipinski definition) is 6. The molecule has 0 saturated carbocycles. The minimum atomic E-state index is -3.71. The molecule has 31 heavy (non-hydrogen) atoms. The molecule has 0 aromatic heterocycles. The van der Waals surface area contributed by atoms with Gasteiger partial charge in [-0.2, -0.15) is 9.57 Å². The Labute approximate surface area is 186 Å². The number of morpholine rings is 1. The number of halogens is 1. The number of benzene rings is 2. The Morgan fingerprint density at radius 3 is 2.58 bits per heavy atom. The largest absolute Gasteiger partial charge is 0.379 e. The van der Waals surface area contributed by atoms with Gasteiger partial charge in [-0.05, 0) is 23.8 Å². The van der Waals surface area contributed by atoms with Crippen LogP contribution in [0.4, 0.5) is 5.69 Å². The molecule has 1 aliphatic heterocycles. The molecule has 0 atom stereocenters. The maximum atomic E-state index is 12.8. The van der Waals surface area contributed by atoms with Crippen molar-refractivity contribution < 1.29 is 17.9 Å². The van der Waals surface area contributed by atoms with Crippen LogP contribution in [-0.4, -0.2) is 44.9 Å². The number of carbonyl (C=O) groups is 1. The monoisotopic (exact) mass is 460 g/mol. The zero-order valence-electron chi connectivity index (χ0n) is 16.5. The Morgan fingerprint density at radius 2 is 1.90 bits per heavy atom. The number of nitrogens with one attached hydrogen (secondary N) is 2. The lowest BCUT2D eigenvalue weighted by molar-refractivity contribution is -0.117. The fraction of sp³-hybridized carbons (Fsp3) is 0.238. The van der Waals surface area contributed by atoms with E-state index >= 15 is 0 Å². The first-order chi connectivity index (χ1) is 14.9. The third-order valence-electron chi connectivity index (χ3n) is 4.58. The maximum absolute atomic E-state index is 12.8. The molecule has 0 radical (unpaired) electrons. The van der Waals surface area contributed by atoms with E-state index in [-0.39, 0.29) is 40.8 Å². The summed E-state index contributed by atoms with van der Waals surface area (Å²) in [7, 11) is -3.71. The number of ether oxygens (including phenoxy) is 1. The molecule has 10 heteroatoms. The van der Waals surface area contributed by atoms with Crippen LogP contribution >= 0.6 is 11.6 Å². The SMILES string of the molecule is N#C/C(=C/Nc1cc(S(=O)(=O)N2CCOCC2)ccc1Cl)C(=O)NCc1ccccc1. The van der Waals surface area contributed by atoms with Gasteiger partial charge in [0, 0.05) is 25.8 Å². The van der Waals surface area contributed by atoms with E-state index in [1.807, 2.05) is 36.4 Å². The summed E-state index contributed by atoms with van der Waals surface area (Å²) in [6, 6.07) is 15.4. The molecular formula is C21H21ClN4O4S. The van der Waals surface area contributed by atoms with Gasteiger partial charge in [0.05, 0.1) is 28.8 Å². The predicted octanol–water partition coefficient (Wildman–Crippen LogP) is 2.50. The normalized spacial score (nSPS) is 15.2. The van der Waals surface area contributed by atoms with Gasteiger partial charge in [0.25, 0.3) is 5.91 Å². The van der Waals surface area contributed by atoms with E-state index in [9.17, 15) is 18.5 Å². The topological polar surface area (TPSA) is 112 Å². The van der Waals surface area contributed by atoms with Gasteiger partial charge in [-0.15, -0.1) is 0 Å². The molecule has 8 nitrogen and oxygen atoms in total. The van der Waals surface area contributed by atoms with E-state index in [4.69, 9.17) is 16.3 Å². The average Bonchev–Trinajstić information content (AvgIpc) is 2.80. The van der Waals surface area contributed by atoms with Crippen LogP contribution in [0, 0.1) is 11.3 Å². The zero-order chi connectivity index (χ0) is 22.3. The Morgan fingerprint density at radius 1 is 1.19 bits per heavy atom. The smallest absolute Gasteiger partial charge is 0.263 e. The molecule has 1 aliphatic rings. The molecule has 2 aromatic carbocycles. The number of anilines is 1. The summed E-state index contributed by atoms with van der Waals surface area (Å²) in [4.78, 5) is 12.4. The van der Waals surface area contributed by atoms with Crippen molar-refractivity contribution in [3.05, 3.63) is 70.9 Å². The number of amides is 1. The quantitative estimate of drug-likeness (QED) is 0.485. The van der Waals surface area contributed by atoms with Crippen molar-refractivity contribution in [2.75, 3.05) is 31.6 Å². The van der Waals surface area contributed by atoms with Crippen molar-refractivity contribution in [1.29, 1.82) is 5.26 Å². The lowest BCUT2D eigenvalue weighted by atomic mass is 10.2. The van der Waals surface area contributed by atoms with Gasteiger partial charge in [-0.25, -0.2) is 8.42 Å². The zero-order valence-corrected chi connectivity index (χ0v) is 18.1. The molecule has 2 N–H and O–H groups in total. The number of hydrogen-bond donors (Lipinski definition) is 2. The standard InChI is InChI=1S/C21H21ClN4O4S/c22-19-7-6-18(31(28,29)26-8-10-30-11-9-26)12-20(19)24-15-17(13-23)21(27)25-14-16-4-2-1-3-5-16/h1-7,12,15,24H,8-11,14H2,(H,25,27)/b17-15-. The summed E-state index contributed by atoms with van der Waals surface area (Å²) in [6.45, 7) is 1.49. The van der Waals surface area contributed by atoms with Crippen LogP contribution in [-0.2, 0) is 26.1 Å². The van der Waals surface area contributed by atoms with Crippen LogP contribution in [0.1, 0.15) is 5.56 Å². The fourth-order valence-electron chi connectivity index (χ4n) is 2.88. The molecule has 0 unspecified atom stereocenters. The molecule has 1 fully saturated rings. The van der Waals surface area contributed by atoms with Crippen LogP contribution < -0.4 is 10.6 Å². The summed E-state index contributed by atoms with van der Waals surface area (Å²) in [5, 5.41) is 15.0. The minimum Gasteiger partial charge on any atom is -0.379 e. The number of carbonyl (C=O) groups excluding carboxylic acids is 1. The molecule has 1 saturated heterocycles. The fourth-order valence-corrected chi connectivity index (χ4v) is 4.49.